The van der Waals surface area contributed by atoms with Crippen molar-refractivity contribution in [1.29, 1.82) is 0 Å². The predicted octanol–water partition coefficient (Wildman–Crippen LogP) is 1.76. The molecule has 80 valence electrons. The van der Waals surface area contributed by atoms with Crippen LogP contribution >= 0.6 is 0 Å². The summed E-state index contributed by atoms with van der Waals surface area (Å²) in [4.78, 5) is 22.7. The molecule has 16 heavy (non-hydrogen) atoms. The SMILES string of the molecule is O=C1CCOc2cc3oc(=O)ccc3cc21. The number of carbonyl (C=O) groups is 1. The number of Topliss-reactive ketones (excluding diaryl/α,β-unsaturated/α-hetero) is 1. The normalized spacial score (nSPS) is 14.6. The Hall–Kier alpha value is -2.10. The summed E-state index contributed by atoms with van der Waals surface area (Å²) in [7, 11) is 0. The zero-order valence-corrected chi connectivity index (χ0v) is 8.36. The van der Waals surface area contributed by atoms with Crippen molar-refractivity contribution in [2.45, 2.75) is 6.42 Å². The van der Waals surface area contributed by atoms with Crippen molar-refractivity contribution in [3.8, 4) is 5.75 Å². The maximum absolute atomic E-state index is 11.6. The Morgan fingerprint density at radius 2 is 2.00 bits per heavy atom. The van der Waals surface area contributed by atoms with Gasteiger partial charge in [-0.1, -0.05) is 0 Å². The minimum atomic E-state index is -0.408. The smallest absolute Gasteiger partial charge is 0.336 e. The highest BCUT2D eigenvalue weighted by molar-refractivity contribution is 6.02. The molecule has 2 heterocycles. The molecule has 0 radical (unpaired) electrons. The first kappa shape index (κ1) is 9.15. The number of rotatable bonds is 0. The van der Waals surface area contributed by atoms with Crippen molar-refractivity contribution < 1.29 is 13.9 Å². The van der Waals surface area contributed by atoms with Crippen molar-refractivity contribution in [1.82, 2.24) is 0 Å². The summed E-state index contributed by atoms with van der Waals surface area (Å²) in [5.41, 5.74) is 0.600. The Kier molecular flexibility index (Phi) is 1.83. The fourth-order valence-electron chi connectivity index (χ4n) is 1.82. The Balaban J connectivity index is 2.34. The Morgan fingerprint density at radius 1 is 1.12 bits per heavy atom. The van der Waals surface area contributed by atoms with Gasteiger partial charge in [0.2, 0.25) is 0 Å². The molecule has 0 unspecified atom stereocenters. The molecule has 1 aliphatic rings. The van der Waals surface area contributed by atoms with Crippen LogP contribution in [0.25, 0.3) is 11.0 Å². The summed E-state index contributed by atoms with van der Waals surface area (Å²) in [5, 5.41) is 0.734. The van der Waals surface area contributed by atoms with Crippen LogP contribution in [0.15, 0.2) is 33.5 Å². The lowest BCUT2D eigenvalue weighted by molar-refractivity contribution is 0.0934. The summed E-state index contributed by atoms with van der Waals surface area (Å²) in [6, 6.07) is 6.28. The second-order valence-corrected chi connectivity index (χ2v) is 3.66. The highest BCUT2D eigenvalue weighted by Crippen LogP contribution is 2.29. The van der Waals surface area contributed by atoms with Crippen LogP contribution < -0.4 is 10.4 Å². The summed E-state index contributed by atoms with van der Waals surface area (Å²) < 4.78 is 10.4. The fourth-order valence-corrected chi connectivity index (χ4v) is 1.82. The van der Waals surface area contributed by atoms with Crippen LogP contribution in [0.1, 0.15) is 16.8 Å². The van der Waals surface area contributed by atoms with Crippen LogP contribution in [-0.4, -0.2) is 12.4 Å². The van der Waals surface area contributed by atoms with Crippen molar-refractivity contribution >= 4 is 16.8 Å². The summed E-state index contributed by atoms with van der Waals surface area (Å²) >= 11 is 0. The van der Waals surface area contributed by atoms with E-state index >= 15 is 0 Å². The van der Waals surface area contributed by atoms with E-state index in [0.29, 0.717) is 29.9 Å². The van der Waals surface area contributed by atoms with Crippen LogP contribution in [0.5, 0.6) is 5.75 Å². The van der Waals surface area contributed by atoms with E-state index in [-0.39, 0.29) is 5.78 Å². The first-order valence-corrected chi connectivity index (χ1v) is 4.98. The molecule has 4 heteroatoms. The van der Waals surface area contributed by atoms with Crippen molar-refractivity contribution in [2.24, 2.45) is 0 Å². The second kappa shape index (κ2) is 3.20. The highest BCUT2D eigenvalue weighted by Gasteiger charge is 2.19. The van der Waals surface area contributed by atoms with Crippen LogP contribution in [0.2, 0.25) is 0 Å². The molecular formula is C12H8O4. The molecule has 0 fully saturated rings. The van der Waals surface area contributed by atoms with Crippen molar-refractivity contribution in [2.75, 3.05) is 6.61 Å². The number of hydrogen-bond acceptors (Lipinski definition) is 4. The number of hydrogen-bond donors (Lipinski definition) is 0. The third-order valence-corrected chi connectivity index (χ3v) is 2.61. The van der Waals surface area contributed by atoms with Crippen LogP contribution in [0.4, 0.5) is 0 Å². The molecular weight excluding hydrogens is 208 g/mol. The van der Waals surface area contributed by atoms with Gasteiger partial charge in [0.1, 0.15) is 11.3 Å². The molecule has 0 spiro atoms. The van der Waals surface area contributed by atoms with Gasteiger partial charge in [-0.2, -0.15) is 0 Å². The molecule has 0 bridgehead atoms. The fraction of sp³-hybridized carbons (Fsp3) is 0.167. The number of ether oxygens (including phenoxy) is 1. The molecule has 0 amide bonds. The molecule has 0 saturated carbocycles. The van der Waals surface area contributed by atoms with E-state index in [1.807, 2.05) is 0 Å². The van der Waals surface area contributed by atoms with E-state index in [1.165, 1.54) is 6.07 Å². The van der Waals surface area contributed by atoms with Crippen molar-refractivity contribution in [3.05, 3.63) is 40.2 Å². The topological polar surface area (TPSA) is 56.5 Å². The van der Waals surface area contributed by atoms with E-state index in [1.54, 1.807) is 18.2 Å². The van der Waals surface area contributed by atoms with Gasteiger partial charge in [0.25, 0.3) is 0 Å². The lowest BCUT2D eigenvalue weighted by Crippen LogP contribution is -2.15. The average Bonchev–Trinajstić information content (AvgIpc) is 2.27. The Morgan fingerprint density at radius 3 is 2.88 bits per heavy atom. The molecule has 0 atom stereocenters. The quantitative estimate of drug-likeness (QED) is 0.629. The maximum Gasteiger partial charge on any atom is 0.336 e. The molecule has 3 rings (SSSR count). The number of ketones is 1. The maximum atomic E-state index is 11.6. The lowest BCUT2D eigenvalue weighted by atomic mass is 10.0. The van der Waals surface area contributed by atoms with Gasteiger partial charge in [0.15, 0.2) is 5.78 Å². The summed E-state index contributed by atoms with van der Waals surface area (Å²) in [6.07, 6.45) is 0.398. The van der Waals surface area contributed by atoms with Gasteiger partial charge >= 0.3 is 5.63 Å². The zero-order chi connectivity index (χ0) is 11.1. The largest absolute Gasteiger partial charge is 0.492 e. The van der Waals surface area contributed by atoms with E-state index in [0.717, 1.165) is 5.39 Å². The van der Waals surface area contributed by atoms with Crippen LogP contribution in [0.3, 0.4) is 0 Å². The zero-order valence-electron chi connectivity index (χ0n) is 8.36. The lowest BCUT2D eigenvalue weighted by Gasteiger charge is -2.16. The standard InChI is InChI=1S/C12H8O4/c13-9-3-4-15-11-6-10-7(5-8(9)11)1-2-12(14)16-10/h1-2,5-6H,3-4H2. The number of carbonyl (C=O) groups excluding carboxylic acids is 1. The molecule has 0 aliphatic carbocycles. The third-order valence-electron chi connectivity index (χ3n) is 2.61. The van der Waals surface area contributed by atoms with Gasteiger partial charge in [0.05, 0.1) is 12.2 Å². The monoisotopic (exact) mass is 216 g/mol. The van der Waals surface area contributed by atoms with Gasteiger partial charge in [0, 0.05) is 23.9 Å². The van der Waals surface area contributed by atoms with Gasteiger partial charge in [-0.05, 0) is 12.1 Å². The highest BCUT2D eigenvalue weighted by atomic mass is 16.5. The Bertz CT molecular complexity index is 639. The second-order valence-electron chi connectivity index (χ2n) is 3.66. The number of fused-ring (bicyclic) bond motifs is 2. The average molecular weight is 216 g/mol. The van der Waals surface area contributed by atoms with Crippen molar-refractivity contribution in [3.63, 3.8) is 0 Å². The van der Waals surface area contributed by atoms with E-state index < -0.39 is 5.63 Å². The van der Waals surface area contributed by atoms with Gasteiger partial charge in [-0.25, -0.2) is 4.79 Å². The molecule has 4 nitrogen and oxygen atoms in total. The molecule has 2 aromatic rings. The molecule has 0 N–H and O–H groups in total. The van der Waals surface area contributed by atoms with E-state index in [9.17, 15) is 9.59 Å². The number of benzene rings is 1. The molecule has 1 aromatic carbocycles. The first-order valence-electron chi connectivity index (χ1n) is 4.98. The minimum Gasteiger partial charge on any atom is -0.492 e. The molecule has 0 saturated heterocycles. The predicted molar refractivity (Wildman–Crippen MR) is 56.9 cm³/mol. The Labute approximate surface area is 90.4 Å². The summed E-state index contributed by atoms with van der Waals surface area (Å²) in [6.45, 7) is 0.383. The van der Waals surface area contributed by atoms with Gasteiger partial charge in [-0.15, -0.1) is 0 Å². The first-order chi connectivity index (χ1) is 7.74. The van der Waals surface area contributed by atoms with Gasteiger partial charge < -0.3 is 9.15 Å². The van der Waals surface area contributed by atoms with Crippen LogP contribution in [-0.2, 0) is 0 Å². The van der Waals surface area contributed by atoms with Gasteiger partial charge in [-0.3, -0.25) is 4.79 Å². The van der Waals surface area contributed by atoms with E-state index in [4.69, 9.17) is 9.15 Å². The summed E-state index contributed by atoms with van der Waals surface area (Å²) in [5.74, 6) is 0.562. The minimum absolute atomic E-state index is 0.0642. The molecule has 1 aliphatic heterocycles. The molecule has 1 aromatic heterocycles. The third kappa shape index (κ3) is 1.31. The van der Waals surface area contributed by atoms with Crippen LogP contribution in [0, 0.1) is 0 Å². The van der Waals surface area contributed by atoms with E-state index in [2.05, 4.69) is 0 Å².